The van der Waals surface area contributed by atoms with Gasteiger partial charge in [-0.15, -0.1) is 0 Å². The molecule has 1 aliphatic heterocycles. The van der Waals surface area contributed by atoms with E-state index in [0.717, 1.165) is 25.2 Å². The highest BCUT2D eigenvalue weighted by molar-refractivity contribution is 4.97. The number of hydrogen-bond donors (Lipinski definition) is 1. The van der Waals surface area contributed by atoms with Crippen molar-refractivity contribution >= 4 is 0 Å². The Bertz CT molecular complexity index is 219. The quantitative estimate of drug-likeness (QED) is 0.794. The largest absolute Gasteiger partial charge is 0.381 e. The highest BCUT2D eigenvalue weighted by Gasteiger charge is 2.43. The number of rotatable bonds is 5. The summed E-state index contributed by atoms with van der Waals surface area (Å²) in [5.74, 6) is 0.868. The van der Waals surface area contributed by atoms with E-state index in [1.54, 1.807) is 0 Å². The normalized spacial score (nSPS) is 28.1. The summed E-state index contributed by atoms with van der Waals surface area (Å²) in [5.41, 5.74) is 0.588. The SMILES string of the molecule is CCC(CC)CNC1CCCC12CCOCC2. The maximum Gasteiger partial charge on any atom is 0.0471 e. The van der Waals surface area contributed by atoms with Crippen LogP contribution in [-0.4, -0.2) is 25.8 Å². The molecule has 1 aliphatic carbocycles. The molecule has 1 saturated carbocycles. The van der Waals surface area contributed by atoms with Crippen LogP contribution in [0.1, 0.15) is 58.8 Å². The van der Waals surface area contributed by atoms with Gasteiger partial charge in [-0.05, 0) is 43.6 Å². The molecule has 0 aromatic rings. The molecule has 1 saturated heterocycles. The van der Waals surface area contributed by atoms with Gasteiger partial charge in [0, 0.05) is 19.3 Å². The minimum Gasteiger partial charge on any atom is -0.381 e. The monoisotopic (exact) mass is 239 g/mol. The standard InChI is InChI=1S/C15H29NO/c1-3-13(4-2)12-16-14-6-5-7-15(14)8-10-17-11-9-15/h13-14,16H,3-12H2,1-2H3. The fourth-order valence-corrected chi connectivity index (χ4v) is 3.72. The van der Waals surface area contributed by atoms with Gasteiger partial charge in [0.05, 0.1) is 0 Å². The molecule has 2 fully saturated rings. The van der Waals surface area contributed by atoms with Crippen molar-refractivity contribution in [3.05, 3.63) is 0 Å². The Morgan fingerprint density at radius 3 is 2.53 bits per heavy atom. The van der Waals surface area contributed by atoms with Gasteiger partial charge in [-0.2, -0.15) is 0 Å². The molecule has 0 amide bonds. The molecule has 0 aromatic heterocycles. The third kappa shape index (κ3) is 3.03. The summed E-state index contributed by atoms with van der Waals surface area (Å²) < 4.78 is 5.54. The molecule has 1 unspecified atom stereocenters. The second-order valence-electron chi connectivity index (χ2n) is 6.01. The molecule has 0 bridgehead atoms. The van der Waals surface area contributed by atoms with Crippen LogP contribution in [0.5, 0.6) is 0 Å². The van der Waals surface area contributed by atoms with Crippen LogP contribution in [0.15, 0.2) is 0 Å². The van der Waals surface area contributed by atoms with Crippen molar-refractivity contribution in [2.45, 2.75) is 64.8 Å². The summed E-state index contributed by atoms with van der Waals surface area (Å²) in [4.78, 5) is 0. The van der Waals surface area contributed by atoms with Crippen molar-refractivity contribution in [1.82, 2.24) is 5.32 Å². The van der Waals surface area contributed by atoms with E-state index in [4.69, 9.17) is 4.74 Å². The molecule has 2 aliphatic rings. The van der Waals surface area contributed by atoms with E-state index in [1.165, 1.54) is 51.5 Å². The topological polar surface area (TPSA) is 21.3 Å². The zero-order chi connectivity index (χ0) is 12.1. The van der Waals surface area contributed by atoms with E-state index in [-0.39, 0.29) is 0 Å². The van der Waals surface area contributed by atoms with Crippen molar-refractivity contribution in [3.8, 4) is 0 Å². The van der Waals surface area contributed by atoms with Crippen molar-refractivity contribution in [3.63, 3.8) is 0 Å². The molecule has 100 valence electrons. The first kappa shape index (κ1) is 13.4. The minimum atomic E-state index is 0.588. The zero-order valence-corrected chi connectivity index (χ0v) is 11.6. The first-order chi connectivity index (χ1) is 8.30. The van der Waals surface area contributed by atoms with Gasteiger partial charge in [0.15, 0.2) is 0 Å². The summed E-state index contributed by atoms with van der Waals surface area (Å²) in [7, 11) is 0. The van der Waals surface area contributed by atoms with Crippen LogP contribution in [0.3, 0.4) is 0 Å². The van der Waals surface area contributed by atoms with Gasteiger partial charge in [-0.3, -0.25) is 0 Å². The van der Waals surface area contributed by atoms with Gasteiger partial charge in [0.2, 0.25) is 0 Å². The molecule has 1 N–H and O–H groups in total. The van der Waals surface area contributed by atoms with Crippen molar-refractivity contribution in [2.24, 2.45) is 11.3 Å². The van der Waals surface area contributed by atoms with E-state index < -0.39 is 0 Å². The summed E-state index contributed by atoms with van der Waals surface area (Å²) in [6.45, 7) is 7.83. The van der Waals surface area contributed by atoms with E-state index in [2.05, 4.69) is 19.2 Å². The van der Waals surface area contributed by atoms with Crippen LogP contribution in [0.4, 0.5) is 0 Å². The molecule has 1 heterocycles. The van der Waals surface area contributed by atoms with Crippen LogP contribution in [-0.2, 0) is 4.74 Å². The predicted octanol–water partition coefficient (Wildman–Crippen LogP) is 3.36. The van der Waals surface area contributed by atoms with Gasteiger partial charge in [-0.25, -0.2) is 0 Å². The first-order valence-electron chi connectivity index (χ1n) is 7.62. The Labute approximate surface area is 107 Å². The van der Waals surface area contributed by atoms with Gasteiger partial charge in [0.25, 0.3) is 0 Å². The fraction of sp³-hybridized carbons (Fsp3) is 1.00. The molecule has 0 radical (unpaired) electrons. The molecular formula is C15H29NO. The average molecular weight is 239 g/mol. The summed E-state index contributed by atoms with van der Waals surface area (Å²) in [6, 6.07) is 0.770. The van der Waals surface area contributed by atoms with E-state index in [1.807, 2.05) is 0 Å². The molecule has 2 heteroatoms. The number of nitrogens with one attached hydrogen (secondary N) is 1. The molecule has 17 heavy (non-hydrogen) atoms. The van der Waals surface area contributed by atoms with Crippen LogP contribution < -0.4 is 5.32 Å². The lowest BCUT2D eigenvalue weighted by Crippen LogP contribution is -2.46. The second kappa shape index (κ2) is 6.19. The second-order valence-corrected chi connectivity index (χ2v) is 6.01. The van der Waals surface area contributed by atoms with E-state index in [9.17, 15) is 0 Å². The van der Waals surface area contributed by atoms with Crippen LogP contribution >= 0.6 is 0 Å². The fourth-order valence-electron chi connectivity index (χ4n) is 3.72. The summed E-state index contributed by atoms with van der Waals surface area (Å²) in [5, 5.41) is 3.89. The Morgan fingerprint density at radius 1 is 1.18 bits per heavy atom. The van der Waals surface area contributed by atoms with E-state index in [0.29, 0.717) is 5.41 Å². The van der Waals surface area contributed by atoms with Crippen molar-refractivity contribution < 1.29 is 4.74 Å². The molecule has 1 atom stereocenters. The van der Waals surface area contributed by atoms with Gasteiger partial charge >= 0.3 is 0 Å². The predicted molar refractivity (Wildman–Crippen MR) is 72.2 cm³/mol. The average Bonchev–Trinajstić information content (AvgIpc) is 2.74. The van der Waals surface area contributed by atoms with Crippen molar-refractivity contribution in [1.29, 1.82) is 0 Å². The molecular weight excluding hydrogens is 210 g/mol. The first-order valence-corrected chi connectivity index (χ1v) is 7.62. The smallest absolute Gasteiger partial charge is 0.0471 e. The Morgan fingerprint density at radius 2 is 1.88 bits per heavy atom. The molecule has 2 rings (SSSR count). The van der Waals surface area contributed by atoms with Crippen LogP contribution in [0, 0.1) is 11.3 Å². The van der Waals surface area contributed by atoms with E-state index >= 15 is 0 Å². The lowest BCUT2D eigenvalue weighted by Gasteiger charge is -2.39. The maximum absolute atomic E-state index is 5.54. The zero-order valence-electron chi connectivity index (χ0n) is 11.6. The molecule has 2 nitrogen and oxygen atoms in total. The maximum atomic E-state index is 5.54. The third-order valence-corrected chi connectivity index (χ3v) is 5.20. The lowest BCUT2D eigenvalue weighted by molar-refractivity contribution is 0.00382. The minimum absolute atomic E-state index is 0.588. The van der Waals surface area contributed by atoms with Crippen molar-refractivity contribution in [2.75, 3.05) is 19.8 Å². The Kier molecular flexibility index (Phi) is 4.87. The molecule has 0 aromatic carbocycles. The summed E-state index contributed by atoms with van der Waals surface area (Å²) in [6.07, 6.45) is 9.43. The lowest BCUT2D eigenvalue weighted by atomic mass is 9.75. The van der Waals surface area contributed by atoms with Gasteiger partial charge in [-0.1, -0.05) is 33.1 Å². The van der Waals surface area contributed by atoms with Gasteiger partial charge < -0.3 is 10.1 Å². The Balaban J connectivity index is 1.86. The Hall–Kier alpha value is -0.0800. The third-order valence-electron chi connectivity index (χ3n) is 5.20. The highest BCUT2D eigenvalue weighted by Crippen LogP contribution is 2.45. The van der Waals surface area contributed by atoms with Crippen LogP contribution in [0.2, 0.25) is 0 Å². The number of ether oxygens (including phenoxy) is 1. The number of hydrogen-bond acceptors (Lipinski definition) is 2. The highest BCUT2D eigenvalue weighted by atomic mass is 16.5. The van der Waals surface area contributed by atoms with Gasteiger partial charge in [0.1, 0.15) is 0 Å². The summed E-state index contributed by atoms with van der Waals surface area (Å²) >= 11 is 0. The van der Waals surface area contributed by atoms with Crippen LogP contribution in [0.25, 0.3) is 0 Å². The molecule has 1 spiro atoms.